The van der Waals surface area contributed by atoms with Crippen molar-refractivity contribution in [1.29, 1.82) is 0 Å². The Morgan fingerprint density at radius 3 is 2.53 bits per heavy atom. The minimum Gasteiger partial charge on any atom is -0.490 e. The lowest BCUT2D eigenvalue weighted by Crippen LogP contribution is -2.28. The van der Waals surface area contributed by atoms with E-state index in [-0.39, 0.29) is 19.1 Å². The van der Waals surface area contributed by atoms with E-state index in [1.54, 1.807) is 12.1 Å². The number of carbonyl (C=O) groups is 1. The number of fused-ring (bicyclic) bond motifs is 2. The van der Waals surface area contributed by atoms with Gasteiger partial charge in [-0.05, 0) is 35.7 Å². The summed E-state index contributed by atoms with van der Waals surface area (Å²) in [6.45, 7) is 0.678. The number of aromatic nitrogens is 2. The number of hydrogen-bond acceptors (Lipinski definition) is 4. The number of aliphatic hydroxyl groups is 1. The zero-order valence-corrected chi connectivity index (χ0v) is 18.6. The number of para-hydroxylation sites is 2. The molecular formula is C28H25N3O3. The smallest absolute Gasteiger partial charge is 0.251 e. The molecule has 0 bridgehead atoms. The summed E-state index contributed by atoms with van der Waals surface area (Å²) >= 11 is 0. The second-order valence-electron chi connectivity index (χ2n) is 8.12. The lowest BCUT2D eigenvalue weighted by Gasteiger charge is -2.17. The van der Waals surface area contributed by atoms with E-state index in [0.717, 1.165) is 27.6 Å². The number of nitrogens with zero attached hydrogens (tertiary/aromatic N) is 2. The molecule has 1 heterocycles. The maximum Gasteiger partial charge on any atom is 0.251 e. The maximum atomic E-state index is 12.5. The van der Waals surface area contributed by atoms with Crippen molar-refractivity contribution in [3.63, 3.8) is 0 Å². The molecule has 0 aliphatic heterocycles. The zero-order valence-electron chi connectivity index (χ0n) is 18.6. The monoisotopic (exact) mass is 451 g/mol. The Balaban J connectivity index is 1.31. The molecule has 5 rings (SSSR count). The molecule has 0 saturated heterocycles. The number of amides is 1. The highest BCUT2D eigenvalue weighted by Gasteiger charge is 2.16. The van der Waals surface area contributed by atoms with Gasteiger partial charge in [-0.15, -0.1) is 0 Å². The fourth-order valence-electron chi connectivity index (χ4n) is 4.09. The van der Waals surface area contributed by atoms with Crippen molar-refractivity contribution in [2.75, 3.05) is 6.61 Å². The Morgan fingerprint density at radius 2 is 1.65 bits per heavy atom. The van der Waals surface area contributed by atoms with E-state index in [4.69, 9.17) is 4.74 Å². The molecule has 6 nitrogen and oxygen atoms in total. The van der Waals surface area contributed by atoms with Crippen molar-refractivity contribution in [2.45, 2.75) is 19.2 Å². The normalized spacial score (nSPS) is 12.0. The lowest BCUT2D eigenvalue weighted by molar-refractivity contribution is 0.0922. The van der Waals surface area contributed by atoms with Gasteiger partial charge in [0, 0.05) is 10.9 Å². The Kier molecular flexibility index (Phi) is 6.23. The fourth-order valence-corrected chi connectivity index (χ4v) is 4.09. The Bertz CT molecular complexity index is 1420. The molecule has 0 saturated carbocycles. The molecule has 6 heteroatoms. The average Bonchev–Trinajstić information content (AvgIpc) is 3.23. The molecule has 1 amide bonds. The third kappa shape index (κ3) is 4.63. The molecule has 5 aromatic rings. The largest absolute Gasteiger partial charge is 0.490 e. The number of aliphatic hydroxyl groups excluding tert-OH is 1. The van der Waals surface area contributed by atoms with Crippen LogP contribution in [0.5, 0.6) is 5.75 Å². The van der Waals surface area contributed by atoms with Gasteiger partial charge < -0.3 is 19.7 Å². The summed E-state index contributed by atoms with van der Waals surface area (Å²) in [6, 6.07) is 30.7. The van der Waals surface area contributed by atoms with Crippen LogP contribution in [0.4, 0.5) is 0 Å². The van der Waals surface area contributed by atoms with Crippen LogP contribution in [0, 0.1) is 0 Å². The number of benzene rings is 4. The van der Waals surface area contributed by atoms with E-state index in [1.165, 1.54) is 0 Å². The van der Waals surface area contributed by atoms with Crippen molar-refractivity contribution >= 4 is 27.7 Å². The van der Waals surface area contributed by atoms with Crippen LogP contribution >= 0.6 is 0 Å². The van der Waals surface area contributed by atoms with Crippen molar-refractivity contribution < 1.29 is 14.6 Å². The standard InChI is InChI=1S/C28H25N3O3/c32-22(19-34-26-16-8-12-20-9-4-5-13-23(20)26)18-31-25-15-7-6-14-24(25)30-27(31)17-29-28(33)21-10-2-1-3-11-21/h1-16,22,32H,17-19H2,(H,29,33). The number of rotatable bonds is 8. The van der Waals surface area contributed by atoms with Gasteiger partial charge in [0.1, 0.15) is 24.3 Å². The first-order valence-corrected chi connectivity index (χ1v) is 11.2. The molecule has 1 unspecified atom stereocenters. The van der Waals surface area contributed by atoms with Crippen LogP contribution < -0.4 is 10.1 Å². The van der Waals surface area contributed by atoms with Gasteiger partial charge in [-0.3, -0.25) is 4.79 Å². The topological polar surface area (TPSA) is 76.4 Å². The molecule has 170 valence electrons. The Hall–Kier alpha value is -4.16. The Labute approximate surface area is 197 Å². The number of nitrogens with one attached hydrogen (secondary N) is 1. The number of carbonyl (C=O) groups excluding carboxylic acids is 1. The van der Waals surface area contributed by atoms with Crippen molar-refractivity contribution in [3.8, 4) is 5.75 Å². The highest BCUT2D eigenvalue weighted by Crippen LogP contribution is 2.25. The molecule has 0 aliphatic carbocycles. The van der Waals surface area contributed by atoms with Crippen LogP contribution in [0.3, 0.4) is 0 Å². The van der Waals surface area contributed by atoms with Crippen LogP contribution in [-0.2, 0) is 13.1 Å². The molecule has 1 atom stereocenters. The Morgan fingerprint density at radius 1 is 0.912 bits per heavy atom. The summed E-state index contributed by atoms with van der Waals surface area (Å²) in [4.78, 5) is 17.2. The van der Waals surface area contributed by atoms with Gasteiger partial charge in [-0.25, -0.2) is 4.98 Å². The van der Waals surface area contributed by atoms with E-state index >= 15 is 0 Å². The highest BCUT2D eigenvalue weighted by molar-refractivity contribution is 5.94. The van der Waals surface area contributed by atoms with Gasteiger partial charge >= 0.3 is 0 Å². The molecular weight excluding hydrogens is 426 g/mol. The summed E-state index contributed by atoms with van der Waals surface area (Å²) in [5.74, 6) is 1.25. The van der Waals surface area contributed by atoms with Gasteiger partial charge in [0.05, 0.1) is 24.1 Å². The predicted molar refractivity (Wildman–Crippen MR) is 133 cm³/mol. The van der Waals surface area contributed by atoms with Crippen LogP contribution in [0.2, 0.25) is 0 Å². The quantitative estimate of drug-likeness (QED) is 0.363. The second kappa shape index (κ2) is 9.77. The molecule has 0 radical (unpaired) electrons. The van der Waals surface area contributed by atoms with E-state index < -0.39 is 6.10 Å². The van der Waals surface area contributed by atoms with Crippen molar-refractivity contribution in [2.24, 2.45) is 0 Å². The third-order valence-corrected chi connectivity index (χ3v) is 5.75. The summed E-state index contributed by atoms with van der Waals surface area (Å²) < 4.78 is 7.93. The number of hydrogen-bond donors (Lipinski definition) is 2. The molecule has 0 aliphatic rings. The third-order valence-electron chi connectivity index (χ3n) is 5.75. The first-order valence-electron chi connectivity index (χ1n) is 11.2. The molecule has 1 aromatic heterocycles. The summed E-state index contributed by atoms with van der Waals surface area (Å²) in [5, 5.41) is 15.9. The zero-order chi connectivity index (χ0) is 23.3. The van der Waals surface area contributed by atoms with E-state index in [1.807, 2.05) is 89.5 Å². The van der Waals surface area contributed by atoms with Crippen molar-refractivity contribution in [3.05, 3.63) is 108 Å². The van der Waals surface area contributed by atoms with E-state index in [9.17, 15) is 9.90 Å². The minimum absolute atomic E-state index is 0.135. The minimum atomic E-state index is -0.764. The van der Waals surface area contributed by atoms with Gasteiger partial charge in [0.2, 0.25) is 0 Å². The molecule has 2 N–H and O–H groups in total. The van der Waals surface area contributed by atoms with Crippen LogP contribution in [-0.4, -0.2) is 33.3 Å². The second-order valence-corrected chi connectivity index (χ2v) is 8.12. The molecule has 0 spiro atoms. The summed E-state index contributed by atoms with van der Waals surface area (Å²) in [6.07, 6.45) is -0.764. The van der Waals surface area contributed by atoms with E-state index in [0.29, 0.717) is 17.9 Å². The SMILES string of the molecule is O=C(NCc1nc2ccccc2n1CC(O)COc1cccc2ccccc12)c1ccccc1. The van der Waals surface area contributed by atoms with Gasteiger partial charge in [-0.1, -0.05) is 66.7 Å². The summed E-state index contributed by atoms with van der Waals surface area (Å²) in [5.41, 5.74) is 2.30. The fraction of sp³-hybridized carbons (Fsp3) is 0.143. The first-order chi connectivity index (χ1) is 16.7. The van der Waals surface area contributed by atoms with Gasteiger partial charge in [0.25, 0.3) is 5.91 Å². The highest BCUT2D eigenvalue weighted by atomic mass is 16.5. The van der Waals surface area contributed by atoms with Crippen LogP contribution in [0.25, 0.3) is 21.8 Å². The summed E-state index contributed by atoms with van der Waals surface area (Å²) in [7, 11) is 0. The predicted octanol–water partition coefficient (Wildman–Crippen LogP) is 4.56. The molecule has 0 fully saturated rings. The maximum absolute atomic E-state index is 12.5. The van der Waals surface area contributed by atoms with Gasteiger partial charge in [0.15, 0.2) is 0 Å². The van der Waals surface area contributed by atoms with E-state index in [2.05, 4.69) is 10.3 Å². The van der Waals surface area contributed by atoms with Crippen molar-refractivity contribution in [1.82, 2.24) is 14.9 Å². The molecule has 4 aromatic carbocycles. The lowest BCUT2D eigenvalue weighted by atomic mass is 10.1. The first kappa shape index (κ1) is 21.7. The number of imidazole rings is 1. The van der Waals surface area contributed by atoms with Gasteiger partial charge in [-0.2, -0.15) is 0 Å². The van der Waals surface area contributed by atoms with Crippen LogP contribution in [0.15, 0.2) is 97.1 Å². The molecule has 34 heavy (non-hydrogen) atoms. The average molecular weight is 452 g/mol. The number of ether oxygens (including phenoxy) is 1. The van der Waals surface area contributed by atoms with Crippen LogP contribution in [0.1, 0.15) is 16.2 Å².